The molecule has 0 bridgehead atoms. The van der Waals surface area contributed by atoms with Crippen LogP contribution in [0.4, 0.5) is 5.69 Å². The molecule has 72 valence electrons. The summed E-state index contributed by atoms with van der Waals surface area (Å²) in [7, 11) is 0. The fourth-order valence-corrected chi connectivity index (χ4v) is 1.23. The molecule has 1 nitrogen and oxygen atoms in total. The van der Waals surface area contributed by atoms with Crippen molar-refractivity contribution >= 4 is 28.9 Å². The molecule has 0 aliphatic rings. The second kappa shape index (κ2) is 4.73. The van der Waals surface area contributed by atoms with Crippen molar-refractivity contribution < 1.29 is 0 Å². The average molecular weight is 218 g/mol. The summed E-state index contributed by atoms with van der Waals surface area (Å²) >= 11 is 11.6. The summed E-state index contributed by atoms with van der Waals surface area (Å²) in [5.41, 5.74) is 1.02. The van der Waals surface area contributed by atoms with Gasteiger partial charge >= 0.3 is 0 Å². The van der Waals surface area contributed by atoms with Crippen LogP contribution in [0.25, 0.3) is 0 Å². The number of anilines is 1. The normalized spacial score (nSPS) is 10.5. The molecule has 0 unspecified atom stereocenters. The van der Waals surface area contributed by atoms with E-state index >= 15 is 0 Å². The number of hydrogen-bond donors (Lipinski definition) is 1. The molecular formula is C10H13Cl2N. The molecule has 0 saturated carbocycles. The molecule has 1 aromatic rings. The van der Waals surface area contributed by atoms with Crippen molar-refractivity contribution in [1.82, 2.24) is 0 Å². The smallest absolute Gasteiger partial charge is 0.0612 e. The third kappa shape index (κ3) is 3.45. The minimum atomic E-state index is 0.593. The van der Waals surface area contributed by atoms with E-state index in [0.29, 0.717) is 16.0 Å². The maximum absolute atomic E-state index is 5.86. The Kier molecular flexibility index (Phi) is 3.89. The van der Waals surface area contributed by atoms with Crippen molar-refractivity contribution in [3.05, 3.63) is 28.2 Å². The van der Waals surface area contributed by atoms with Gasteiger partial charge in [-0.15, -0.1) is 0 Å². The van der Waals surface area contributed by atoms with E-state index < -0.39 is 0 Å². The van der Waals surface area contributed by atoms with Gasteiger partial charge in [0.05, 0.1) is 10.0 Å². The zero-order valence-corrected chi connectivity index (χ0v) is 9.28. The largest absolute Gasteiger partial charge is 0.385 e. The molecule has 0 fully saturated rings. The molecule has 0 saturated heterocycles. The maximum Gasteiger partial charge on any atom is 0.0612 e. The lowest BCUT2D eigenvalue weighted by Gasteiger charge is -2.09. The van der Waals surface area contributed by atoms with Crippen LogP contribution in [-0.2, 0) is 0 Å². The second-order valence-corrected chi connectivity index (χ2v) is 4.22. The molecule has 0 aliphatic carbocycles. The molecule has 0 amide bonds. The summed E-state index contributed by atoms with van der Waals surface area (Å²) in [5, 5.41) is 4.46. The molecule has 1 rings (SSSR count). The van der Waals surface area contributed by atoms with Gasteiger partial charge in [0.1, 0.15) is 0 Å². The van der Waals surface area contributed by atoms with Crippen molar-refractivity contribution in [3.63, 3.8) is 0 Å². The van der Waals surface area contributed by atoms with Gasteiger partial charge < -0.3 is 5.32 Å². The summed E-state index contributed by atoms with van der Waals surface area (Å²) in [6.07, 6.45) is 0. The van der Waals surface area contributed by atoms with Crippen molar-refractivity contribution in [2.24, 2.45) is 5.92 Å². The average Bonchev–Trinajstić information content (AvgIpc) is 2.07. The van der Waals surface area contributed by atoms with Crippen LogP contribution in [0, 0.1) is 5.92 Å². The highest BCUT2D eigenvalue weighted by Gasteiger charge is 1.99. The van der Waals surface area contributed by atoms with Gasteiger partial charge in [-0.2, -0.15) is 0 Å². The Morgan fingerprint density at radius 1 is 1.23 bits per heavy atom. The van der Waals surface area contributed by atoms with Crippen LogP contribution < -0.4 is 5.32 Å². The monoisotopic (exact) mass is 217 g/mol. The first-order chi connectivity index (χ1) is 6.09. The number of hydrogen-bond acceptors (Lipinski definition) is 1. The minimum Gasteiger partial charge on any atom is -0.385 e. The van der Waals surface area contributed by atoms with Gasteiger partial charge in [-0.3, -0.25) is 0 Å². The molecule has 0 atom stereocenters. The van der Waals surface area contributed by atoms with E-state index in [1.165, 1.54) is 0 Å². The highest BCUT2D eigenvalue weighted by molar-refractivity contribution is 6.42. The quantitative estimate of drug-likeness (QED) is 0.806. The topological polar surface area (TPSA) is 12.0 Å². The van der Waals surface area contributed by atoms with Gasteiger partial charge in [0, 0.05) is 12.2 Å². The number of nitrogens with one attached hydrogen (secondary N) is 1. The molecule has 0 aromatic heterocycles. The van der Waals surface area contributed by atoms with E-state index in [0.717, 1.165) is 12.2 Å². The van der Waals surface area contributed by atoms with Gasteiger partial charge in [0.2, 0.25) is 0 Å². The fourth-order valence-electron chi connectivity index (χ4n) is 0.928. The first-order valence-corrected chi connectivity index (χ1v) is 5.04. The Labute approximate surface area is 89.0 Å². The van der Waals surface area contributed by atoms with Crippen LogP contribution in [0.15, 0.2) is 18.2 Å². The molecule has 13 heavy (non-hydrogen) atoms. The lowest BCUT2D eigenvalue weighted by Crippen LogP contribution is -2.07. The molecule has 0 spiro atoms. The Morgan fingerprint density at radius 2 is 1.92 bits per heavy atom. The molecule has 0 aliphatic heterocycles. The number of rotatable bonds is 3. The van der Waals surface area contributed by atoms with E-state index in [1.54, 1.807) is 6.07 Å². The SMILES string of the molecule is CC(C)CNc1ccc(Cl)c(Cl)c1. The van der Waals surface area contributed by atoms with E-state index in [1.807, 2.05) is 12.1 Å². The molecule has 0 radical (unpaired) electrons. The summed E-state index contributed by atoms with van der Waals surface area (Å²) < 4.78 is 0. The van der Waals surface area contributed by atoms with E-state index in [9.17, 15) is 0 Å². The first kappa shape index (κ1) is 10.7. The van der Waals surface area contributed by atoms with Gasteiger partial charge in [-0.25, -0.2) is 0 Å². The lowest BCUT2D eigenvalue weighted by atomic mass is 10.2. The van der Waals surface area contributed by atoms with E-state index in [2.05, 4.69) is 19.2 Å². The Balaban J connectivity index is 2.63. The van der Waals surface area contributed by atoms with Crippen LogP contribution in [0.5, 0.6) is 0 Å². The zero-order chi connectivity index (χ0) is 9.84. The van der Waals surface area contributed by atoms with Crippen LogP contribution in [0.2, 0.25) is 10.0 Å². The van der Waals surface area contributed by atoms with E-state index in [4.69, 9.17) is 23.2 Å². The van der Waals surface area contributed by atoms with E-state index in [-0.39, 0.29) is 0 Å². The van der Waals surface area contributed by atoms with Crippen LogP contribution >= 0.6 is 23.2 Å². The van der Waals surface area contributed by atoms with Gasteiger partial charge in [0.15, 0.2) is 0 Å². The zero-order valence-electron chi connectivity index (χ0n) is 7.77. The molecular weight excluding hydrogens is 205 g/mol. The second-order valence-electron chi connectivity index (χ2n) is 3.40. The van der Waals surface area contributed by atoms with Crippen molar-refractivity contribution in [3.8, 4) is 0 Å². The Morgan fingerprint density at radius 3 is 2.46 bits per heavy atom. The highest BCUT2D eigenvalue weighted by Crippen LogP contribution is 2.24. The van der Waals surface area contributed by atoms with Crippen LogP contribution in [0.3, 0.4) is 0 Å². The lowest BCUT2D eigenvalue weighted by molar-refractivity contribution is 0.689. The van der Waals surface area contributed by atoms with Crippen LogP contribution in [-0.4, -0.2) is 6.54 Å². The summed E-state index contributed by atoms with van der Waals surface area (Å²) in [4.78, 5) is 0. The highest BCUT2D eigenvalue weighted by atomic mass is 35.5. The predicted octanol–water partition coefficient (Wildman–Crippen LogP) is 4.06. The molecule has 1 aromatic carbocycles. The first-order valence-electron chi connectivity index (χ1n) is 4.28. The third-order valence-corrected chi connectivity index (χ3v) is 2.37. The third-order valence-electron chi connectivity index (χ3n) is 1.63. The summed E-state index contributed by atoms with van der Waals surface area (Å²) in [6, 6.07) is 5.56. The summed E-state index contributed by atoms with van der Waals surface area (Å²) in [6.45, 7) is 5.26. The Bertz CT molecular complexity index is 284. The molecule has 1 N–H and O–H groups in total. The minimum absolute atomic E-state index is 0.593. The van der Waals surface area contributed by atoms with Crippen molar-refractivity contribution in [1.29, 1.82) is 0 Å². The standard InChI is InChI=1S/C10H13Cl2N/c1-7(2)6-13-8-3-4-9(11)10(12)5-8/h3-5,7,13H,6H2,1-2H3. The predicted molar refractivity (Wildman–Crippen MR) is 59.8 cm³/mol. The van der Waals surface area contributed by atoms with Crippen molar-refractivity contribution in [2.75, 3.05) is 11.9 Å². The molecule has 3 heteroatoms. The van der Waals surface area contributed by atoms with Gasteiger partial charge in [-0.1, -0.05) is 37.0 Å². The Hall–Kier alpha value is -0.400. The maximum atomic E-state index is 5.86. The van der Waals surface area contributed by atoms with Gasteiger partial charge in [-0.05, 0) is 24.1 Å². The van der Waals surface area contributed by atoms with Crippen molar-refractivity contribution in [2.45, 2.75) is 13.8 Å². The van der Waals surface area contributed by atoms with Gasteiger partial charge in [0.25, 0.3) is 0 Å². The van der Waals surface area contributed by atoms with Crippen LogP contribution in [0.1, 0.15) is 13.8 Å². The summed E-state index contributed by atoms with van der Waals surface area (Å²) in [5.74, 6) is 0.620. The number of benzene rings is 1. The number of halogens is 2. The molecule has 0 heterocycles. The fraction of sp³-hybridized carbons (Fsp3) is 0.400.